The molecule has 0 spiro atoms. The van der Waals surface area contributed by atoms with Crippen LogP contribution in [0.4, 0.5) is 5.69 Å². The molecule has 16 heavy (non-hydrogen) atoms. The number of nitrogens with one attached hydrogen (secondary N) is 1. The summed E-state index contributed by atoms with van der Waals surface area (Å²) < 4.78 is 0. The van der Waals surface area contributed by atoms with Crippen LogP contribution in [0.5, 0.6) is 0 Å². The zero-order valence-electron chi connectivity index (χ0n) is 8.51. The van der Waals surface area contributed by atoms with Crippen LogP contribution in [0, 0.1) is 0 Å². The highest BCUT2D eigenvalue weighted by Crippen LogP contribution is 2.11. The van der Waals surface area contributed by atoms with Gasteiger partial charge in [0.15, 0.2) is 0 Å². The molecule has 1 aromatic heterocycles. The van der Waals surface area contributed by atoms with Crippen LogP contribution in [0.2, 0.25) is 0 Å². The molecule has 82 valence electrons. The molecule has 5 heteroatoms. The number of primary amides is 1. The molecule has 1 heterocycles. The van der Waals surface area contributed by atoms with E-state index < -0.39 is 5.91 Å². The van der Waals surface area contributed by atoms with Crippen molar-refractivity contribution in [3.63, 3.8) is 0 Å². The minimum atomic E-state index is -0.411. The Hall–Kier alpha value is -1.88. The third-order valence-electron chi connectivity index (χ3n) is 2.13. The van der Waals surface area contributed by atoms with Crippen LogP contribution in [0.3, 0.4) is 0 Å². The Kier molecular flexibility index (Phi) is 3.16. The van der Waals surface area contributed by atoms with Crippen molar-refractivity contribution in [1.29, 1.82) is 0 Å². The van der Waals surface area contributed by atoms with Gasteiger partial charge in [-0.25, -0.2) is 4.98 Å². The number of nitrogens with zero attached hydrogens (tertiary/aromatic N) is 1. The highest BCUT2D eigenvalue weighted by molar-refractivity contribution is 7.07. The van der Waals surface area contributed by atoms with Gasteiger partial charge in [0.2, 0.25) is 5.91 Å². The molecule has 0 bridgehead atoms. The second-order valence-electron chi connectivity index (χ2n) is 3.27. The number of amides is 1. The molecule has 0 fully saturated rings. The van der Waals surface area contributed by atoms with Crippen molar-refractivity contribution in [2.24, 2.45) is 5.73 Å². The second-order valence-corrected chi connectivity index (χ2v) is 3.99. The predicted molar refractivity (Wildman–Crippen MR) is 64.4 cm³/mol. The van der Waals surface area contributed by atoms with Gasteiger partial charge in [-0.15, -0.1) is 11.3 Å². The van der Waals surface area contributed by atoms with Crippen molar-refractivity contribution >= 4 is 22.9 Å². The van der Waals surface area contributed by atoms with Crippen molar-refractivity contribution in [3.8, 4) is 0 Å². The lowest BCUT2D eigenvalue weighted by molar-refractivity contribution is 0.100. The molecule has 2 rings (SSSR count). The van der Waals surface area contributed by atoms with Gasteiger partial charge in [0, 0.05) is 16.6 Å². The van der Waals surface area contributed by atoms with E-state index in [2.05, 4.69) is 10.3 Å². The molecule has 3 N–H and O–H groups in total. The van der Waals surface area contributed by atoms with E-state index in [9.17, 15) is 4.79 Å². The van der Waals surface area contributed by atoms with E-state index in [1.54, 1.807) is 29.0 Å². The number of carbonyl (C=O) groups is 1. The molecular formula is C11H11N3OS. The van der Waals surface area contributed by atoms with E-state index in [4.69, 9.17) is 5.73 Å². The van der Waals surface area contributed by atoms with Gasteiger partial charge in [-0.05, 0) is 24.3 Å². The maximum absolute atomic E-state index is 10.9. The average Bonchev–Trinajstić information content (AvgIpc) is 2.80. The summed E-state index contributed by atoms with van der Waals surface area (Å²) in [6.07, 6.45) is 0. The topological polar surface area (TPSA) is 68.0 Å². The molecule has 1 aromatic carbocycles. The maximum atomic E-state index is 10.9. The lowest BCUT2D eigenvalue weighted by Gasteiger charge is -2.04. The molecule has 0 aliphatic carbocycles. The zero-order chi connectivity index (χ0) is 11.4. The van der Waals surface area contributed by atoms with Crippen molar-refractivity contribution < 1.29 is 4.79 Å². The van der Waals surface area contributed by atoms with Crippen LogP contribution in [-0.2, 0) is 6.54 Å². The van der Waals surface area contributed by atoms with E-state index in [-0.39, 0.29) is 0 Å². The molecule has 0 aliphatic heterocycles. The van der Waals surface area contributed by atoms with E-state index in [1.165, 1.54) is 0 Å². The third kappa shape index (κ3) is 2.58. The van der Waals surface area contributed by atoms with Crippen molar-refractivity contribution in [1.82, 2.24) is 4.98 Å². The molecular weight excluding hydrogens is 222 g/mol. The Balaban J connectivity index is 1.98. The Bertz CT molecular complexity index is 464. The number of anilines is 1. The molecule has 0 saturated heterocycles. The van der Waals surface area contributed by atoms with Crippen molar-refractivity contribution in [3.05, 3.63) is 46.4 Å². The van der Waals surface area contributed by atoms with Gasteiger partial charge in [0.05, 0.1) is 17.7 Å². The van der Waals surface area contributed by atoms with Crippen LogP contribution in [0.1, 0.15) is 16.1 Å². The summed E-state index contributed by atoms with van der Waals surface area (Å²) in [6, 6.07) is 7.05. The van der Waals surface area contributed by atoms with Gasteiger partial charge in [-0.3, -0.25) is 4.79 Å². The van der Waals surface area contributed by atoms with Gasteiger partial charge in [0.1, 0.15) is 0 Å². The lowest BCUT2D eigenvalue weighted by atomic mass is 10.2. The van der Waals surface area contributed by atoms with E-state index in [0.29, 0.717) is 12.1 Å². The molecule has 0 atom stereocenters. The number of hydrogen-bond donors (Lipinski definition) is 2. The number of aromatic nitrogens is 1. The van der Waals surface area contributed by atoms with Gasteiger partial charge < -0.3 is 11.1 Å². The fraction of sp³-hybridized carbons (Fsp3) is 0.0909. The number of thiazole rings is 1. The Morgan fingerprint density at radius 2 is 2.12 bits per heavy atom. The third-order valence-corrected chi connectivity index (χ3v) is 2.76. The first-order valence-corrected chi connectivity index (χ1v) is 5.71. The normalized spacial score (nSPS) is 10.0. The molecule has 4 nitrogen and oxygen atoms in total. The molecule has 0 radical (unpaired) electrons. The van der Waals surface area contributed by atoms with E-state index in [1.807, 2.05) is 17.5 Å². The average molecular weight is 233 g/mol. The predicted octanol–water partition coefficient (Wildman–Crippen LogP) is 1.85. The number of hydrogen-bond acceptors (Lipinski definition) is 4. The molecule has 1 amide bonds. The fourth-order valence-electron chi connectivity index (χ4n) is 1.27. The summed E-state index contributed by atoms with van der Waals surface area (Å²) in [4.78, 5) is 15.0. The Morgan fingerprint density at radius 3 is 2.69 bits per heavy atom. The highest BCUT2D eigenvalue weighted by Gasteiger charge is 1.99. The van der Waals surface area contributed by atoms with Crippen molar-refractivity contribution in [2.75, 3.05) is 5.32 Å². The van der Waals surface area contributed by atoms with Crippen LogP contribution < -0.4 is 11.1 Å². The largest absolute Gasteiger partial charge is 0.379 e. The lowest BCUT2D eigenvalue weighted by Crippen LogP contribution is -2.10. The summed E-state index contributed by atoms with van der Waals surface area (Å²) in [6.45, 7) is 0.680. The monoisotopic (exact) mass is 233 g/mol. The summed E-state index contributed by atoms with van der Waals surface area (Å²) >= 11 is 1.57. The second kappa shape index (κ2) is 4.76. The van der Waals surface area contributed by atoms with Crippen LogP contribution in [0.15, 0.2) is 35.2 Å². The van der Waals surface area contributed by atoms with Crippen LogP contribution >= 0.6 is 11.3 Å². The first-order valence-electron chi connectivity index (χ1n) is 4.76. The maximum Gasteiger partial charge on any atom is 0.248 e. The number of carbonyl (C=O) groups excluding carboxylic acids is 1. The molecule has 0 unspecified atom stereocenters. The first-order chi connectivity index (χ1) is 7.75. The van der Waals surface area contributed by atoms with Gasteiger partial charge in [0.25, 0.3) is 0 Å². The molecule has 0 saturated carbocycles. The van der Waals surface area contributed by atoms with Gasteiger partial charge in [-0.2, -0.15) is 0 Å². The highest BCUT2D eigenvalue weighted by atomic mass is 32.1. The van der Waals surface area contributed by atoms with E-state index in [0.717, 1.165) is 11.4 Å². The summed E-state index contributed by atoms with van der Waals surface area (Å²) in [5, 5.41) is 5.20. The zero-order valence-corrected chi connectivity index (χ0v) is 9.33. The summed E-state index contributed by atoms with van der Waals surface area (Å²) in [5.74, 6) is -0.411. The minimum absolute atomic E-state index is 0.411. The minimum Gasteiger partial charge on any atom is -0.379 e. The number of rotatable bonds is 4. The van der Waals surface area contributed by atoms with Crippen LogP contribution in [-0.4, -0.2) is 10.9 Å². The smallest absolute Gasteiger partial charge is 0.248 e. The summed E-state index contributed by atoms with van der Waals surface area (Å²) in [7, 11) is 0. The standard InChI is InChI=1S/C11H11N3OS/c12-11(15)8-1-3-9(4-2-8)13-5-10-6-16-7-14-10/h1-4,6-7,13H,5H2,(H2,12,15). The summed E-state index contributed by atoms with van der Waals surface area (Å²) in [5.41, 5.74) is 9.41. The first kappa shape index (κ1) is 10.6. The molecule has 0 aliphatic rings. The SMILES string of the molecule is NC(=O)c1ccc(NCc2cscn2)cc1. The number of nitrogens with two attached hydrogens (primary N) is 1. The van der Waals surface area contributed by atoms with Crippen LogP contribution in [0.25, 0.3) is 0 Å². The molecule has 2 aromatic rings. The van der Waals surface area contributed by atoms with Crippen molar-refractivity contribution in [2.45, 2.75) is 6.54 Å². The Labute approximate surface area is 97.1 Å². The quantitative estimate of drug-likeness (QED) is 0.846. The van der Waals surface area contributed by atoms with E-state index >= 15 is 0 Å². The van der Waals surface area contributed by atoms with Gasteiger partial charge in [-0.1, -0.05) is 0 Å². The Morgan fingerprint density at radius 1 is 1.38 bits per heavy atom. The fourth-order valence-corrected chi connectivity index (χ4v) is 1.83. The number of benzene rings is 1. The van der Waals surface area contributed by atoms with Gasteiger partial charge >= 0.3 is 0 Å².